The van der Waals surface area contributed by atoms with Crippen molar-refractivity contribution in [2.24, 2.45) is 0 Å². The van der Waals surface area contributed by atoms with Crippen molar-refractivity contribution >= 4 is 35.2 Å². The van der Waals surface area contributed by atoms with E-state index in [1.807, 2.05) is 0 Å². The van der Waals surface area contributed by atoms with Gasteiger partial charge in [-0.1, -0.05) is 11.8 Å². The molecule has 0 amide bonds. The van der Waals surface area contributed by atoms with Gasteiger partial charge >= 0.3 is 11.9 Å². The number of non-ortho nitro benzene ring substituents is 1. The SMILES string of the molecule is CCOC(=O)c1cnc(SCC(=O)OCc2cc([N+](=O)[O-])cc3c2OCOC3)nc1N. The fraction of sp³-hybridized carbons (Fsp3) is 0.333. The first kappa shape index (κ1) is 22.2. The number of nitro benzene ring substituents is 1. The van der Waals surface area contributed by atoms with Gasteiger partial charge in [0.2, 0.25) is 0 Å². The van der Waals surface area contributed by atoms with Crippen molar-refractivity contribution in [3.05, 3.63) is 45.1 Å². The molecule has 1 aromatic heterocycles. The van der Waals surface area contributed by atoms with E-state index in [4.69, 9.17) is 24.7 Å². The van der Waals surface area contributed by atoms with E-state index in [2.05, 4.69) is 9.97 Å². The van der Waals surface area contributed by atoms with Gasteiger partial charge in [-0.2, -0.15) is 0 Å². The Kier molecular flexibility index (Phi) is 7.20. The number of anilines is 1. The summed E-state index contributed by atoms with van der Waals surface area (Å²) in [6, 6.07) is 2.65. The number of thioether (sulfide) groups is 1. The van der Waals surface area contributed by atoms with E-state index in [9.17, 15) is 19.7 Å². The maximum Gasteiger partial charge on any atom is 0.343 e. The maximum absolute atomic E-state index is 12.1. The van der Waals surface area contributed by atoms with Crippen molar-refractivity contribution in [3.8, 4) is 5.75 Å². The van der Waals surface area contributed by atoms with Crippen LogP contribution < -0.4 is 10.5 Å². The van der Waals surface area contributed by atoms with Crippen molar-refractivity contribution in [2.45, 2.75) is 25.3 Å². The van der Waals surface area contributed by atoms with E-state index in [1.165, 1.54) is 18.3 Å². The number of nitrogen functional groups attached to an aromatic ring is 1. The molecule has 13 heteroatoms. The third-order valence-electron chi connectivity index (χ3n) is 3.98. The van der Waals surface area contributed by atoms with Crippen molar-refractivity contribution in [2.75, 3.05) is 24.9 Å². The minimum absolute atomic E-state index is 0.00215. The van der Waals surface area contributed by atoms with Crippen LogP contribution in [0, 0.1) is 10.1 Å². The topological polar surface area (TPSA) is 166 Å². The number of nitro groups is 1. The number of nitrogens with zero attached hydrogens (tertiary/aromatic N) is 3. The van der Waals surface area contributed by atoms with Gasteiger partial charge in [0, 0.05) is 29.5 Å². The van der Waals surface area contributed by atoms with Gasteiger partial charge in [-0.3, -0.25) is 14.9 Å². The molecule has 0 spiro atoms. The van der Waals surface area contributed by atoms with Crippen LogP contribution in [0.3, 0.4) is 0 Å². The zero-order valence-electron chi connectivity index (χ0n) is 16.4. The molecule has 3 rings (SSSR count). The van der Waals surface area contributed by atoms with E-state index in [0.717, 1.165) is 11.8 Å². The summed E-state index contributed by atoms with van der Waals surface area (Å²) in [6.45, 7) is 1.80. The lowest BCUT2D eigenvalue weighted by molar-refractivity contribution is -0.385. The zero-order valence-corrected chi connectivity index (χ0v) is 17.2. The Bertz CT molecular complexity index is 1020. The number of aromatic nitrogens is 2. The molecule has 1 aliphatic heterocycles. The normalized spacial score (nSPS) is 12.4. The second kappa shape index (κ2) is 10.0. The smallest absolute Gasteiger partial charge is 0.343 e. The first-order valence-corrected chi connectivity index (χ1v) is 9.96. The third-order valence-corrected chi connectivity index (χ3v) is 4.82. The highest BCUT2D eigenvalue weighted by Crippen LogP contribution is 2.33. The lowest BCUT2D eigenvalue weighted by atomic mass is 10.1. The number of rotatable bonds is 8. The molecular formula is C18H18N4O8S. The molecule has 0 bridgehead atoms. The number of esters is 2. The Morgan fingerprint density at radius 1 is 1.35 bits per heavy atom. The van der Waals surface area contributed by atoms with Gasteiger partial charge in [0.1, 0.15) is 23.7 Å². The molecule has 0 atom stereocenters. The summed E-state index contributed by atoms with van der Waals surface area (Å²) >= 11 is 0.960. The highest BCUT2D eigenvalue weighted by atomic mass is 32.2. The van der Waals surface area contributed by atoms with Crippen LogP contribution in [0.25, 0.3) is 0 Å². The van der Waals surface area contributed by atoms with Crippen LogP contribution in [0.4, 0.5) is 11.5 Å². The second-order valence-corrected chi connectivity index (χ2v) is 7.02. The van der Waals surface area contributed by atoms with E-state index < -0.39 is 16.9 Å². The quantitative estimate of drug-likeness (QED) is 0.204. The van der Waals surface area contributed by atoms with Crippen molar-refractivity contribution < 1.29 is 33.5 Å². The second-order valence-electron chi connectivity index (χ2n) is 6.08. The number of carbonyl (C=O) groups excluding carboxylic acids is 2. The van der Waals surface area contributed by atoms with E-state index in [-0.39, 0.29) is 54.6 Å². The van der Waals surface area contributed by atoms with Crippen molar-refractivity contribution in [3.63, 3.8) is 0 Å². The van der Waals surface area contributed by atoms with Crippen LogP contribution in [0.2, 0.25) is 0 Å². The minimum Gasteiger partial charge on any atom is -0.467 e. The van der Waals surface area contributed by atoms with E-state index >= 15 is 0 Å². The van der Waals surface area contributed by atoms with Gasteiger partial charge in [-0.15, -0.1) is 0 Å². The first-order valence-electron chi connectivity index (χ1n) is 8.97. The van der Waals surface area contributed by atoms with Crippen LogP contribution in [0.5, 0.6) is 5.75 Å². The van der Waals surface area contributed by atoms with Crippen LogP contribution in [0.1, 0.15) is 28.4 Å². The fourth-order valence-corrected chi connectivity index (χ4v) is 3.25. The monoisotopic (exact) mass is 450 g/mol. The Morgan fingerprint density at radius 2 is 2.16 bits per heavy atom. The van der Waals surface area contributed by atoms with Gasteiger partial charge in [0.25, 0.3) is 5.69 Å². The molecule has 1 aromatic carbocycles. The van der Waals surface area contributed by atoms with Crippen LogP contribution in [-0.4, -0.2) is 46.0 Å². The molecule has 1 aliphatic rings. The number of carbonyl (C=O) groups is 2. The van der Waals surface area contributed by atoms with E-state index in [1.54, 1.807) is 6.92 Å². The zero-order chi connectivity index (χ0) is 22.4. The minimum atomic E-state index is -0.635. The number of hydrogen-bond donors (Lipinski definition) is 1. The molecule has 0 saturated carbocycles. The summed E-state index contributed by atoms with van der Waals surface area (Å²) in [4.78, 5) is 42.4. The third kappa shape index (κ3) is 5.58. The Labute approximate surface area is 180 Å². The van der Waals surface area contributed by atoms with Gasteiger partial charge in [-0.25, -0.2) is 14.8 Å². The molecule has 0 saturated heterocycles. The predicted molar refractivity (Wildman–Crippen MR) is 106 cm³/mol. The summed E-state index contributed by atoms with van der Waals surface area (Å²) in [5, 5.41) is 11.3. The number of nitrogens with two attached hydrogens (primary N) is 1. The van der Waals surface area contributed by atoms with Crippen LogP contribution >= 0.6 is 11.8 Å². The summed E-state index contributed by atoms with van der Waals surface area (Å²) in [5.74, 6) is -1.04. The molecule has 2 heterocycles. The molecule has 0 aliphatic carbocycles. The van der Waals surface area contributed by atoms with Gasteiger partial charge in [0.05, 0.1) is 23.9 Å². The van der Waals surface area contributed by atoms with Gasteiger partial charge in [0.15, 0.2) is 11.9 Å². The largest absolute Gasteiger partial charge is 0.467 e. The molecule has 2 aromatic rings. The lowest BCUT2D eigenvalue weighted by Gasteiger charge is -2.20. The summed E-state index contributed by atoms with van der Waals surface area (Å²) < 4.78 is 20.6. The molecule has 0 radical (unpaired) electrons. The Balaban J connectivity index is 1.60. The van der Waals surface area contributed by atoms with Gasteiger partial charge < -0.3 is 24.7 Å². The molecule has 0 unspecified atom stereocenters. The number of hydrogen-bond acceptors (Lipinski definition) is 12. The first-order chi connectivity index (χ1) is 14.9. The molecule has 164 valence electrons. The number of benzene rings is 1. The highest BCUT2D eigenvalue weighted by Gasteiger charge is 2.22. The van der Waals surface area contributed by atoms with Crippen LogP contribution in [0.15, 0.2) is 23.5 Å². The number of ether oxygens (including phenoxy) is 4. The summed E-state index contributed by atoms with van der Waals surface area (Å²) in [7, 11) is 0. The highest BCUT2D eigenvalue weighted by molar-refractivity contribution is 7.99. The van der Waals surface area contributed by atoms with Crippen molar-refractivity contribution in [1.82, 2.24) is 9.97 Å². The average molecular weight is 450 g/mol. The molecule has 31 heavy (non-hydrogen) atoms. The van der Waals surface area contributed by atoms with E-state index in [0.29, 0.717) is 16.9 Å². The Hall–Kier alpha value is -3.45. The standard InChI is InChI=1S/C18H18N4O8S/c1-2-28-17(24)13-5-20-18(21-16(13)19)31-8-14(23)29-7-11-4-12(22(25)26)3-10-6-27-9-30-15(10)11/h3-5H,2,6-9H2,1H3,(H2,19,20,21). The van der Waals surface area contributed by atoms with Gasteiger partial charge in [-0.05, 0) is 6.92 Å². The molecule has 2 N–H and O–H groups in total. The summed E-state index contributed by atoms with van der Waals surface area (Å²) in [5.41, 5.74) is 6.49. The molecule has 0 fully saturated rings. The maximum atomic E-state index is 12.1. The summed E-state index contributed by atoms with van der Waals surface area (Å²) in [6.07, 6.45) is 1.22. The Morgan fingerprint density at radius 3 is 2.87 bits per heavy atom. The lowest BCUT2D eigenvalue weighted by Crippen LogP contribution is -2.15. The predicted octanol–water partition coefficient (Wildman–Crippen LogP) is 1.85. The molecular weight excluding hydrogens is 432 g/mol. The van der Waals surface area contributed by atoms with Crippen molar-refractivity contribution in [1.29, 1.82) is 0 Å². The average Bonchev–Trinajstić information content (AvgIpc) is 2.75. The van der Waals surface area contributed by atoms with Crippen LogP contribution in [-0.2, 0) is 32.2 Å². The number of fused-ring (bicyclic) bond motifs is 1. The molecule has 12 nitrogen and oxygen atoms in total. The fourth-order valence-electron chi connectivity index (χ4n) is 2.63.